The van der Waals surface area contributed by atoms with Gasteiger partial charge in [-0.15, -0.1) is 0 Å². The first-order valence-corrected chi connectivity index (χ1v) is 1.19. The van der Waals surface area contributed by atoms with Gasteiger partial charge in [0.25, 0.3) is 0 Å². The molecule has 1 N–H and O–H groups in total. The molecule has 0 rings (SSSR count). The molecule has 0 fully saturated rings. The fourth-order valence-electron chi connectivity index (χ4n) is 0. The van der Waals surface area contributed by atoms with Gasteiger partial charge in [0.05, 0.1) is 0 Å². The molecular formula is C3H4O2. The molecule has 2 heteroatoms. The van der Waals surface area contributed by atoms with Crippen molar-refractivity contribution in [3.63, 3.8) is 0 Å². The maximum Gasteiger partial charge on any atom is 0.303 e. The topological polar surface area (TPSA) is 37.3 Å². The van der Waals surface area contributed by atoms with Crippen LogP contribution < -0.4 is 0 Å². The molecule has 0 unspecified atom stereocenters. The Morgan fingerprint density at radius 1 is 2.00 bits per heavy atom. The predicted octanol–water partition coefficient (Wildman–Crippen LogP) is 0.172. The number of carboxylic acid groups (broad SMARTS) is 1. The molecule has 0 aromatic heterocycles. The Morgan fingerprint density at radius 2 is 2.20 bits per heavy atom. The second-order valence-corrected chi connectivity index (χ2v) is 0.598. The number of rotatable bonds is 1. The summed E-state index contributed by atoms with van der Waals surface area (Å²) < 4.78 is 0. The number of hydrogen-bond donors (Lipinski definition) is 1. The minimum Gasteiger partial charge on any atom is -0.481 e. The first-order valence-electron chi connectivity index (χ1n) is 1.19. The summed E-state index contributed by atoms with van der Waals surface area (Å²) in [6.45, 7) is 4.57. The van der Waals surface area contributed by atoms with E-state index in [0.717, 1.165) is 0 Å². The molecule has 0 aromatic carbocycles. The van der Waals surface area contributed by atoms with Crippen molar-refractivity contribution in [3.8, 4) is 0 Å². The molecule has 0 bridgehead atoms. The second kappa shape index (κ2) is 1.76. The molecule has 0 aliphatic heterocycles. The van der Waals surface area contributed by atoms with Crippen molar-refractivity contribution in [2.45, 2.75) is 6.42 Å². The molecule has 0 spiro atoms. The van der Waals surface area contributed by atoms with E-state index in [2.05, 4.69) is 6.92 Å². The smallest absolute Gasteiger partial charge is 0.303 e. The van der Waals surface area contributed by atoms with E-state index in [9.17, 15) is 4.79 Å². The van der Waals surface area contributed by atoms with Crippen molar-refractivity contribution >= 4 is 5.97 Å². The lowest BCUT2D eigenvalue weighted by molar-refractivity contribution is -0.136. The zero-order valence-electron chi connectivity index (χ0n) is 2.64. The Hall–Kier alpha value is -0.530. The van der Waals surface area contributed by atoms with E-state index in [4.69, 9.17) is 5.11 Å². The fraction of sp³-hybridized carbons (Fsp3) is 0.333. The lowest BCUT2D eigenvalue weighted by Crippen LogP contribution is -1.87. The highest BCUT2D eigenvalue weighted by Crippen LogP contribution is 1.66. The van der Waals surface area contributed by atoms with Crippen molar-refractivity contribution in [3.05, 3.63) is 6.92 Å². The predicted molar refractivity (Wildman–Crippen MR) is 16.6 cm³/mol. The quantitative estimate of drug-likeness (QED) is 0.479. The standard InChI is InChI=1S/C3H4O2/c1-2-3(4)5/h1H,2H2,(H,4,5). The van der Waals surface area contributed by atoms with Gasteiger partial charge >= 0.3 is 5.97 Å². The van der Waals surface area contributed by atoms with Crippen molar-refractivity contribution in [2.75, 3.05) is 0 Å². The van der Waals surface area contributed by atoms with Crippen LogP contribution in [0.5, 0.6) is 0 Å². The van der Waals surface area contributed by atoms with Crippen LogP contribution in [0.15, 0.2) is 0 Å². The highest BCUT2D eigenvalue weighted by molar-refractivity contribution is 5.67. The van der Waals surface area contributed by atoms with Gasteiger partial charge in [0.2, 0.25) is 0 Å². The van der Waals surface area contributed by atoms with Gasteiger partial charge in [-0.2, -0.15) is 0 Å². The van der Waals surface area contributed by atoms with Crippen LogP contribution in [0, 0.1) is 6.92 Å². The van der Waals surface area contributed by atoms with E-state index < -0.39 is 5.97 Å². The highest BCUT2D eigenvalue weighted by atomic mass is 16.4. The second-order valence-electron chi connectivity index (χ2n) is 0.598. The molecule has 0 amide bonds. The minimum atomic E-state index is -0.968. The molecular weight excluding hydrogens is 68.0 g/mol. The molecule has 0 aromatic rings. The van der Waals surface area contributed by atoms with Gasteiger partial charge in [0, 0.05) is 6.42 Å². The van der Waals surface area contributed by atoms with E-state index in [0.29, 0.717) is 0 Å². The van der Waals surface area contributed by atoms with Gasteiger partial charge in [-0.3, -0.25) is 4.79 Å². The van der Waals surface area contributed by atoms with Crippen LogP contribution in [0.4, 0.5) is 0 Å². The van der Waals surface area contributed by atoms with Crippen LogP contribution in [0.2, 0.25) is 0 Å². The lowest BCUT2D eigenvalue weighted by Gasteiger charge is -1.71. The molecule has 2 radical (unpaired) electrons. The highest BCUT2D eigenvalue weighted by Gasteiger charge is 1.81. The van der Waals surface area contributed by atoms with E-state index in [-0.39, 0.29) is 6.42 Å². The molecule has 0 saturated carbocycles. The van der Waals surface area contributed by atoms with Gasteiger partial charge in [0.1, 0.15) is 0 Å². The lowest BCUT2D eigenvalue weighted by atomic mass is 10.5. The van der Waals surface area contributed by atoms with E-state index in [1.54, 1.807) is 0 Å². The van der Waals surface area contributed by atoms with Crippen molar-refractivity contribution in [1.29, 1.82) is 0 Å². The maximum absolute atomic E-state index is 9.24. The molecule has 2 nitrogen and oxygen atoms in total. The summed E-state index contributed by atoms with van der Waals surface area (Å²) in [5, 5.41) is 7.60. The summed E-state index contributed by atoms with van der Waals surface area (Å²) in [5.74, 6) is -0.968. The summed E-state index contributed by atoms with van der Waals surface area (Å²) in [6, 6.07) is 0. The summed E-state index contributed by atoms with van der Waals surface area (Å²) in [5.41, 5.74) is 0. The van der Waals surface area contributed by atoms with Gasteiger partial charge in [-0.25, -0.2) is 0 Å². The third-order valence-electron chi connectivity index (χ3n) is 0.175. The van der Waals surface area contributed by atoms with Crippen LogP contribution in [0.25, 0.3) is 0 Å². The fourth-order valence-corrected chi connectivity index (χ4v) is 0. The average molecular weight is 72.1 g/mol. The largest absolute Gasteiger partial charge is 0.481 e. The van der Waals surface area contributed by atoms with Crippen LogP contribution in [-0.2, 0) is 4.79 Å². The Bertz CT molecular complexity index is 40.2. The van der Waals surface area contributed by atoms with E-state index >= 15 is 0 Å². The summed E-state index contributed by atoms with van der Waals surface area (Å²) >= 11 is 0. The SMILES string of the molecule is [CH]CC(=O)O. The number of carbonyl (C=O) groups is 1. The maximum atomic E-state index is 9.24. The zero-order chi connectivity index (χ0) is 4.28. The van der Waals surface area contributed by atoms with Crippen LogP contribution in [-0.4, -0.2) is 11.1 Å². The molecule has 28 valence electrons. The first kappa shape index (κ1) is 4.47. The Morgan fingerprint density at radius 3 is 2.20 bits per heavy atom. The third-order valence-corrected chi connectivity index (χ3v) is 0.175. The Balaban J connectivity index is 2.85. The Labute approximate surface area is 30.4 Å². The molecule has 0 heterocycles. The van der Waals surface area contributed by atoms with Crippen LogP contribution >= 0.6 is 0 Å². The third kappa shape index (κ3) is 3.47. The summed E-state index contributed by atoms with van der Waals surface area (Å²) in [7, 11) is 0. The molecule has 0 aliphatic rings. The van der Waals surface area contributed by atoms with Crippen LogP contribution in [0.3, 0.4) is 0 Å². The molecule has 0 atom stereocenters. The Kier molecular flexibility index (Phi) is 1.57. The molecule has 5 heavy (non-hydrogen) atoms. The summed E-state index contributed by atoms with van der Waals surface area (Å²) in [4.78, 5) is 9.24. The average Bonchev–Trinajstić information content (AvgIpc) is 1.38. The van der Waals surface area contributed by atoms with E-state index in [1.807, 2.05) is 0 Å². The number of hydrogen-bond acceptors (Lipinski definition) is 1. The normalized spacial score (nSPS) is 7.40. The van der Waals surface area contributed by atoms with Gasteiger partial charge in [-0.05, 0) is 6.92 Å². The molecule has 0 saturated heterocycles. The molecule has 0 aliphatic carbocycles. The van der Waals surface area contributed by atoms with Crippen molar-refractivity contribution in [2.24, 2.45) is 0 Å². The minimum absolute atomic E-state index is 0.278. The van der Waals surface area contributed by atoms with Crippen molar-refractivity contribution in [1.82, 2.24) is 0 Å². The summed E-state index contributed by atoms with van der Waals surface area (Å²) in [6.07, 6.45) is -0.278. The number of aliphatic carboxylic acids is 1. The number of carboxylic acids is 1. The van der Waals surface area contributed by atoms with Crippen LogP contribution in [0.1, 0.15) is 6.42 Å². The van der Waals surface area contributed by atoms with Gasteiger partial charge in [0.15, 0.2) is 0 Å². The zero-order valence-corrected chi connectivity index (χ0v) is 2.64. The monoisotopic (exact) mass is 72.0 g/mol. The first-order chi connectivity index (χ1) is 2.27. The van der Waals surface area contributed by atoms with Gasteiger partial charge in [-0.1, -0.05) is 0 Å². The van der Waals surface area contributed by atoms with E-state index in [1.165, 1.54) is 0 Å². The van der Waals surface area contributed by atoms with Crippen molar-refractivity contribution < 1.29 is 9.90 Å². The van der Waals surface area contributed by atoms with Gasteiger partial charge < -0.3 is 5.11 Å².